The van der Waals surface area contributed by atoms with Crippen molar-refractivity contribution in [2.75, 3.05) is 10.7 Å². The van der Waals surface area contributed by atoms with Crippen LogP contribution in [-0.4, -0.2) is 15.5 Å². The molecule has 0 radical (unpaired) electrons. The highest BCUT2D eigenvalue weighted by Gasteiger charge is 2.38. The molecule has 0 amide bonds. The Hall–Kier alpha value is -1.36. The lowest BCUT2D eigenvalue weighted by atomic mass is 10.2. The van der Waals surface area contributed by atoms with E-state index in [1.165, 1.54) is 25.7 Å². The summed E-state index contributed by atoms with van der Waals surface area (Å²) in [7, 11) is 0. The first-order chi connectivity index (χ1) is 8.11. The summed E-state index contributed by atoms with van der Waals surface area (Å²) in [5, 5.41) is 3.51. The van der Waals surface area contributed by atoms with E-state index < -0.39 is 0 Å². The molecule has 0 unspecified atom stereocenters. The lowest BCUT2D eigenvalue weighted by Crippen LogP contribution is -2.20. The first kappa shape index (κ1) is 10.8. The quantitative estimate of drug-likeness (QED) is 0.547. The van der Waals surface area contributed by atoms with Crippen molar-refractivity contribution in [1.82, 2.24) is 9.97 Å². The third-order valence-corrected chi connectivity index (χ3v) is 3.66. The number of hydrazine groups is 1. The summed E-state index contributed by atoms with van der Waals surface area (Å²) in [4.78, 5) is 9.13. The molecule has 0 saturated heterocycles. The van der Waals surface area contributed by atoms with Gasteiger partial charge in [0.05, 0.1) is 0 Å². The van der Waals surface area contributed by atoms with Gasteiger partial charge in [0.25, 0.3) is 0 Å². The molecule has 0 bridgehead atoms. The molecule has 0 atom stereocenters. The van der Waals surface area contributed by atoms with E-state index >= 15 is 0 Å². The zero-order chi connectivity index (χ0) is 12.0. The summed E-state index contributed by atoms with van der Waals surface area (Å²) in [6, 6.07) is 0. The number of nitrogens with two attached hydrogens (primary N) is 1. The van der Waals surface area contributed by atoms with Crippen molar-refractivity contribution in [2.45, 2.75) is 51.0 Å². The van der Waals surface area contributed by atoms with Crippen LogP contribution in [0.25, 0.3) is 0 Å². The smallest absolute Gasteiger partial charge is 0.148 e. The third-order valence-electron chi connectivity index (χ3n) is 3.66. The minimum absolute atomic E-state index is 0.228. The van der Waals surface area contributed by atoms with Gasteiger partial charge in [-0.25, -0.2) is 15.8 Å². The number of nitrogens with zero attached hydrogens (tertiary/aromatic N) is 2. The molecule has 0 spiro atoms. The van der Waals surface area contributed by atoms with Gasteiger partial charge in [-0.05, 0) is 39.5 Å². The van der Waals surface area contributed by atoms with Crippen LogP contribution in [0.5, 0.6) is 0 Å². The molecule has 4 N–H and O–H groups in total. The Morgan fingerprint density at radius 2 is 1.88 bits per heavy atom. The van der Waals surface area contributed by atoms with Gasteiger partial charge < -0.3 is 10.7 Å². The van der Waals surface area contributed by atoms with E-state index in [4.69, 9.17) is 5.84 Å². The van der Waals surface area contributed by atoms with E-state index in [-0.39, 0.29) is 5.54 Å². The van der Waals surface area contributed by atoms with Crippen molar-refractivity contribution in [2.24, 2.45) is 5.84 Å². The molecule has 5 heteroatoms. The van der Waals surface area contributed by atoms with Crippen molar-refractivity contribution in [3.05, 3.63) is 11.4 Å². The van der Waals surface area contributed by atoms with Gasteiger partial charge in [0, 0.05) is 17.0 Å². The van der Waals surface area contributed by atoms with Gasteiger partial charge >= 0.3 is 0 Å². The Labute approximate surface area is 101 Å². The highest BCUT2D eigenvalue weighted by Crippen LogP contribution is 2.42. The van der Waals surface area contributed by atoms with Crippen LogP contribution in [0, 0.1) is 6.92 Å². The van der Waals surface area contributed by atoms with Gasteiger partial charge in [-0.15, -0.1) is 0 Å². The predicted molar refractivity (Wildman–Crippen MR) is 67.8 cm³/mol. The monoisotopic (exact) mass is 233 g/mol. The first-order valence-electron chi connectivity index (χ1n) is 6.25. The Morgan fingerprint density at radius 3 is 2.41 bits per heavy atom. The van der Waals surface area contributed by atoms with E-state index in [1.54, 1.807) is 0 Å². The Kier molecular flexibility index (Phi) is 2.26. The van der Waals surface area contributed by atoms with Gasteiger partial charge in [0.1, 0.15) is 17.5 Å². The number of nitrogens with one attached hydrogen (secondary N) is 2. The second-order valence-electron chi connectivity index (χ2n) is 5.51. The fourth-order valence-electron chi connectivity index (χ4n) is 1.92. The van der Waals surface area contributed by atoms with E-state index in [9.17, 15) is 0 Å². The van der Waals surface area contributed by atoms with E-state index in [0.29, 0.717) is 5.92 Å². The average molecular weight is 233 g/mol. The zero-order valence-corrected chi connectivity index (χ0v) is 10.4. The van der Waals surface area contributed by atoms with Gasteiger partial charge in [0.2, 0.25) is 0 Å². The maximum absolute atomic E-state index is 5.52. The molecular formula is C12H19N5. The van der Waals surface area contributed by atoms with Gasteiger partial charge in [0.15, 0.2) is 0 Å². The molecule has 2 aliphatic rings. The van der Waals surface area contributed by atoms with Crippen molar-refractivity contribution in [3.63, 3.8) is 0 Å². The minimum atomic E-state index is 0.228. The summed E-state index contributed by atoms with van der Waals surface area (Å²) in [5.41, 5.74) is 3.91. The molecule has 0 aromatic carbocycles. The number of hydrogen-bond acceptors (Lipinski definition) is 5. The lowest BCUT2D eigenvalue weighted by molar-refractivity contribution is 0.806. The molecule has 92 valence electrons. The van der Waals surface area contributed by atoms with E-state index in [2.05, 4.69) is 27.6 Å². The predicted octanol–water partition coefficient (Wildman–Crippen LogP) is 1.91. The Balaban J connectivity index is 1.96. The molecule has 2 saturated carbocycles. The van der Waals surface area contributed by atoms with Crippen LogP contribution in [0.4, 0.5) is 11.6 Å². The van der Waals surface area contributed by atoms with Crippen molar-refractivity contribution in [3.8, 4) is 0 Å². The maximum atomic E-state index is 5.52. The molecule has 1 heterocycles. The summed E-state index contributed by atoms with van der Waals surface area (Å²) in [6.45, 7) is 4.22. The van der Waals surface area contributed by atoms with Crippen LogP contribution in [0.15, 0.2) is 0 Å². The number of hydrogen-bond donors (Lipinski definition) is 3. The van der Waals surface area contributed by atoms with E-state index in [1.807, 2.05) is 6.92 Å². The molecule has 0 aliphatic heterocycles. The molecule has 2 aliphatic carbocycles. The fourth-order valence-corrected chi connectivity index (χ4v) is 1.92. The van der Waals surface area contributed by atoms with Crippen LogP contribution in [0.1, 0.15) is 49.9 Å². The molecule has 1 aromatic heterocycles. The highest BCUT2D eigenvalue weighted by atomic mass is 15.3. The summed E-state index contributed by atoms with van der Waals surface area (Å²) in [5.74, 6) is 8.67. The average Bonchev–Trinajstić information content (AvgIpc) is 3.18. The maximum Gasteiger partial charge on any atom is 0.148 e. The number of anilines is 2. The van der Waals surface area contributed by atoms with Gasteiger partial charge in [-0.1, -0.05) is 0 Å². The topological polar surface area (TPSA) is 75.9 Å². The van der Waals surface area contributed by atoms with Crippen LogP contribution in [-0.2, 0) is 0 Å². The SMILES string of the molecule is Cc1c(NN)nc(C2CC2)nc1NC1(C)CC1. The standard InChI is InChI=1S/C12H19N5/c1-7-9(16-12(2)5-6-12)14-11(8-3-4-8)15-10(7)17-13/h8H,3-6,13H2,1-2H3,(H2,14,15,16,17). The van der Waals surface area contributed by atoms with Crippen LogP contribution in [0.2, 0.25) is 0 Å². The van der Waals surface area contributed by atoms with Crippen molar-refractivity contribution in [1.29, 1.82) is 0 Å². The summed E-state index contributed by atoms with van der Waals surface area (Å²) in [6.07, 6.45) is 4.81. The largest absolute Gasteiger partial charge is 0.365 e. The lowest BCUT2D eigenvalue weighted by Gasteiger charge is -2.17. The third kappa shape index (κ3) is 2.07. The van der Waals surface area contributed by atoms with E-state index in [0.717, 1.165) is 23.0 Å². The van der Waals surface area contributed by atoms with Gasteiger partial charge in [-0.3, -0.25) is 0 Å². The first-order valence-corrected chi connectivity index (χ1v) is 6.25. The number of rotatable bonds is 4. The molecule has 1 aromatic rings. The molecular weight excluding hydrogens is 214 g/mol. The molecule has 3 rings (SSSR count). The normalized spacial score (nSPS) is 21.1. The molecule has 2 fully saturated rings. The highest BCUT2D eigenvalue weighted by molar-refractivity contribution is 5.58. The van der Waals surface area contributed by atoms with Crippen LogP contribution in [0.3, 0.4) is 0 Å². The second-order valence-corrected chi connectivity index (χ2v) is 5.51. The number of nitrogen functional groups attached to an aromatic ring is 1. The summed E-state index contributed by atoms with van der Waals surface area (Å²) < 4.78 is 0. The minimum Gasteiger partial charge on any atom is -0.365 e. The Morgan fingerprint density at radius 1 is 1.24 bits per heavy atom. The summed E-state index contributed by atoms with van der Waals surface area (Å²) >= 11 is 0. The zero-order valence-electron chi connectivity index (χ0n) is 10.4. The second kappa shape index (κ2) is 3.57. The van der Waals surface area contributed by atoms with Crippen LogP contribution >= 0.6 is 0 Å². The molecule has 5 nitrogen and oxygen atoms in total. The number of aromatic nitrogens is 2. The molecule has 17 heavy (non-hydrogen) atoms. The van der Waals surface area contributed by atoms with Gasteiger partial charge in [-0.2, -0.15) is 0 Å². The fraction of sp³-hybridized carbons (Fsp3) is 0.667. The van der Waals surface area contributed by atoms with Crippen molar-refractivity contribution >= 4 is 11.6 Å². The van der Waals surface area contributed by atoms with Crippen molar-refractivity contribution < 1.29 is 0 Å². The van der Waals surface area contributed by atoms with Crippen LogP contribution < -0.4 is 16.6 Å². The Bertz CT molecular complexity index is 448.